The summed E-state index contributed by atoms with van der Waals surface area (Å²) in [5.74, 6) is -0.969. The van der Waals surface area contributed by atoms with Gasteiger partial charge in [-0.3, -0.25) is 0 Å². The average Bonchev–Trinajstić information content (AvgIpc) is 3.46. The fraction of sp³-hybridized carbons (Fsp3) is 0.355. The first kappa shape index (κ1) is 30.7. The van der Waals surface area contributed by atoms with Crippen LogP contribution in [-0.2, 0) is 9.53 Å². The number of amides is 1. The molecule has 3 aromatic carbocycles. The van der Waals surface area contributed by atoms with Gasteiger partial charge in [-0.15, -0.1) is 0 Å². The third kappa shape index (κ3) is 6.02. The van der Waals surface area contributed by atoms with Gasteiger partial charge in [0, 0.05) is 0 Å². The summed E-state index contributed by atoms with van der Waals surface area (Å²) in [5, 5.41) is 14.4. The summed E-state index contributed by atoms with van der Waals surface area (Å²) in [6.07, 6.45) is 0.250. The number of carboxylic acids is 1. The van der Waals surface area contributed by atoms with Crippen molar-refractivity contribution in [3.8, 4) is 0 Å². The van der Waals surface area contributed by atoms with Gasteiger partial charge >= 0.3 is 250 Å². The molecule has 1 saturated heterocycles. The van der Waals surface area contributed by atoms with Crippen molar-refractivity contribution in [2.24, 2.45) is 5.29 Å². The zero-order valence-electron chi connectivity index (χ0n) is 23.6. The predicted octanol–water partition coefficient (Wildman–Crippen LogP) is 5.66. The zero-order valence-corrected chi connectivity index (χ0v) is 26.1. The number of carbonyl (C=O) groups is 2. The van der Waals surface area contributed by atoms with E-state index in [0.717, 1.165) is 15.9 Å². The van der Waals surface area contributed by atoms with E-state index < -0.39 is 28.6 Å². The van der Waals surface area contributed by atoms with E-state index in [0.29, 0.717) is 13.0 Å². The fourth-order valence-electron chi connectivity index (χ4n) is 5.74. The van der Waals surface area contributed by atoms with Crippen LogP contribution in [0.1, 0.15) is 33.6 Å². The molecule has 1 aliphatic rings. The van der Waals surface area contributed by atoms with Crippen LogP contribution in [0.3, 0.4) is 0 Å². The molecule has 3 aromatic rings. The van der Waals surface area contributed by atoms with Gasteiger partial charge in [-0.1, -0.05) is 0 Å². The van der Waals surface area contributed by atoms with E-state index in [4.69, 9.17) is 4.74 Å². The monoisotopic (exact) mass is 641 g/mol. The number of likely N-dealkylation sites (tertiary alicyclic amines) is 1. The minimum absolute atomic E-state index is 0.114. The van der Waals surface area contributed by atoms with Crippen molar-refractivity contribution in [1.82, 2.24) is 9.91 Å². The van der Waals surface area contributed by atoms with Crippen molar-refractivity contribution in [1.29, 1.82) is 0 Å². The molecular weight excluding hydrogens is 605 g/mol. The number of nitrogens with zero attached hydrogens (tertiary/aromatic N) is 3. The summed E-state index contributed by atoms with van der Waals surface area (Å²) in [6.45, 7) is 6.26. The molecule has 2 atom stereocenters. The van der Waals surface area contributed by atoms with Gasteiger partial charge in [-0.2, -0.15) is 0 Å². The van der Waals surface area contributed by atoms with E-state index in [2.05, 4.69) is 20.8 Å². The Balaban J connectivity index is 1.74. The molecule has 1 aliphatic heterocycles. The molecule has 1 amide bonds. The molecule has 0 aromatic heterocycles. The molecule has 0 bridgehead atoms. The van der Waals surface area contributed by atoms with E-state index in [1.165, 1.54) is 5.01 Å². The van der Waals surface area contributed by atoms with Gasteiger partial charge in [0.2, 0.25) is 0 Å². The standard InChI is InChI=1S/C31H37BrN3O5P/c1-31(2,3)40-30(38)34-21-19-24(23-34)35(33-39)22-20-28(29(36)37)41(32,25-13-7-4-8-14-25,26-15-9-5-10-16-26)27-17-11-6-12-18-27/h4-18,24,28H,19-23H2,1-3H3,(H,36,37). The number of ether oxygens (including phenoxy) is 1. The van der Waals surface area contributed by atoms with Crippen molar-refractivity contribution in [3.63, 3.8) is 0 Å². The topological polar surface area (TPSA) is 99.5 Å². The summed E-state index contributed by atoms with van der Waals surface area (Å²) < 4.78 is 5.50. The number of halogens is 1. The second-order valence-electron chi connectivity index (χ2n) is 11.3. The Bertz CT molecular complexity index is 1260. The molecule has 2 unspecified atom stereocenters. The van der Waals surface area contributed by atoms with Crippen molar-refractivity contribution < 1.29 is 19.4 Å². The third-order valence-electron chi connectivity index (χ3n) is 7.63. The molecule has 0 radical (unpaired) electrons. The van der Waals surface area contributed by atoms with Crippen LogP contribution in [0.4, 0.5) is 4.79 Å². The first-order valence-electron chi connectivity index (χ1n) is 13.7. The van der Waals surface area contributed by atoms with Crippen LogP contribution in [-0.4, -0.2) is 64.0 Å². The summed E-state index contributed by atoms with van der Waals surface area (Å²) in [5.41, 5.74) is -1.56. The van der Waals surface area contributed by atoms with Crippen LogP contribution in [0.5, 0.6) is 0 Å². The molecule has 10 heteroatoms. The van der Waals surface area contributed by atoms with E-state index in [-0.39, 0.29) is 25.6 Å². The quantitative estimate of drug-likeness (QED) is 0.174. The molecular formula is C31H37BrN3O5P. The molecule has 0 saturated carbocycles. The molecule has 218 valence electrons. The minimum atomic E-state index is -3.87. The van der Waals surface area contributed by atoms with Crippen LogP contribution < -0.4 is 15.9 Å². The van der Waals surface area contributed by atoms with Crippen LogP contribution in [0.25, 0.3) is 0 Å². The second kappa shape index (κ2) is 12.3. The number of nitroso groups, excluding NO2 is 1. The Hall–Kier alpha value is -3.29. The van der Waals surface area contributed by atoms with E-state index in [1.54, 1.807) is 4.90 Å². The number of hydrogen-bond donors (Lipinski definition) is 1. The number of benzene rings is 3. The Kier molecular flexibility index (Phi) is 9.19. The van der Waals surface area contributed by atoms with E-state index in [1.807, 2.05) is 112 Å². The maximum atomic E-state index is 13.4. The van der Waals surface area contributed by atoms with Gasteiger partial charge in [-0.05, 0) is 0 Å². The van der Waals surface area contributed by atoms with Crippen LogP contribution in [0, 0.1) is 4.91 Å². The summed E-state index contributed by atoms with van der Waals surface area (Å²) in [4.78, 5) is 39.7. The third-order valence-corrected chi connectivity index (χ3v) is 18.4. The van der Waals surface area contributed by atoms with Gasteiger partial charge in [0.1, 0.15) is 0 Å². The Morgan fingerprint density at radius 2 is 1.44 bits per heavy atom. The number of rotatable bonds is 10. The van der Waals surface area contributed by atoms with Crippen LogP contribution in [0.2, 0.25) is 0 Å². The summed E-state index contributed by atoms with van der Waals surface area (Å²) in [7, 11) is 0. The van der Waals surface area contributed by atoms with Gasteiger partial charge in [0.15, 0.2) is 0 Å². The molecule has 1 fully saturated rings. The van der Waals surface area contributed by atoms with Gasteiger partial charge < -0.3 is 0 Å². The SMILES string of the molecule is CC(C)(C)OC(=O)N1CCC(N(CCC(C(=O)O)P(Br)(c2ccccc2)(c2ccccc2)c2ccccc2)N=O)C1. The van der Waals surface area contributed by atoms with Gasteiger partial charge in [-0.25, -0.2) is 0 Å². The predicted molar refractivity (Wildman–Crippen MR) is 169 cm³/mol. The van der Waals surface area contributed by atoms with Gasteiger partial charge in [0.25, 0.3) is 0 Å². The summed E-state index contributed by atoms with van der Waals surface area (Å²) in [6, 6.07) is 28.8. The molecule has 8 nitrogen and oxygen atoms in total. The summed E-state index contributed by atoms with van der Waals surface area (Å²) >= 11 is 4.25. The van der Waals surface area contributed by atoms with E-state index in [9.17, 15) is 19.6 Å². The first-order valence-corrected chi connectivity index (χ1v) is 18.0. The normalized spacial score (nSPS) is 17.2. The van der Waals surface area contributed by atoms with Gasteiger partial charge in [0.05, 0.1) is 0 Å². The number of hydrogen-bond acceptors (Lipinski definition) is 5. The fourth-order valence-corrected chi connectivity index (χ4v) is 14.3. The molecule has 1 heterocycles. The van der Waals surface area contributed by atoms with Crippen LogP contribution in [0.15, 0.2) is 96.3 Å². The number of aliphatic carboxylic acids is 1. The molecule has 4 rings (SSSR count). The Morgan fingerprint density at radius 1 is 0.976 bits per heavy atom. The molecule has 0 spiro atoms. The maximum absolute atomic E-state index is 13.4. The molecule has 1 N–H and O–H groups in total. The van der Waals surface area contributed by atoms with Crippen molar-refractivity contribution in [3.05, 3.63) is 95.9 Å². The Morgan fingerprint density at radius 3 is 1.83 bits per heavy atom. The van der Waals surface area contributed by atoms with Crippen molar-refractivity contribution in [2.75, 3.05) is 19.6 Å². The first-order chi connectivity index (χ1) is 19.5. The second-order valence-corrected chi connectivity index (χ2v) is 20.1. The van der Waals surface area contributed by atoms with Crippen LogP contribution >= 0.6 is 20.8 Å². The van der Waals surface area contributed by atoms with E-state index >= 15 is 0 Å². The zero-order chi connectivity index (χ0) is 29.7. The average molecular weight is 643 g/mol. The van der Waals surface area contributed by atoms with Crippen molar-refractivity contribution in [2.45, 2.75) is 50.9 Å². The number of carboxylic acid groups (broad SMARTS) is 1. The molecule has 0 aliphatic carbocycles. The Labute approximate surface area is 249 Å². The molecule has 41 heavy (non-hydrogen) atoms. The van der Waals surface area contributed by atoms with Crippen molar-refractivity contribution >= 4 is 48.8 Å². The number of carbonyl (C=O) groups excluding carboxylic acids is 1.